The first-order valence-electron chi connectivity index (χ1n) is 9.94. The van der Waals surface area contributed by atoms with Crippen molar-refractivity contribution in [3.8, 4) is 0 Å². The lowest BCUT2D eigenvalue weighted by Crippen LogP contribution is -2.44. The highest BCUT2D eigenvalue weighted by Crippen LogP contribution is 2.29. The lowest BCUT2D eigenvalue weighted by Gasteiger charge is -2.32. The van der Waals surface area contributed by atoms with Crippen molar-refractivity contribution in [2.75, 3.05) is 24.5 Å². The number of benzene rings is 1. The van der Waals surface area contributed by atoms with Gasteiger partial charge in [-0.1, -0.05) is 6.07 Å². The molecule has 0 atom stereocenters. The minimum atomic E-state index is -0.0211. The maximum absolute atomic E-state index is 12.7. The van der Waals surface area contributed by atoms with E-state index in [4.69, 9.17) is 0 Å². The highest BCUT2D eigenvalue weighted by molar-refractivity contribution is 5.98. The molecule has 2 amide bonds. The summed E-state index contributed by atoms with van der Waals surface area (Å²) in [4.78, 5) is 32.9. The number of pyridine rings is 1. The number of aromatic nitrogens is 1. The van der Waals surface area contributed by atoms with Crippen LogP contribution in [-0.4, -0.2) is 47.4 Å². The molecule has 2 aromatic rings. The second-order valence-corrected chi connectivity index (χ2v) is 7.61. The van der Waals surface area contributed by atoms with Gasteiger partial charge in [0.1, 0.15) is 0 Å². The van der Waals surface area contributed by atoms with Crippen molar-refractivity contribution in [2.45, 2.75) is 38.8 Å². The molecule has 4 rings (SSSR count). The Balaban J connectivity index is 1.31. The summed E-state index contributed by atoms with van der Waals surface area (Å²) >= 11 is 0. The summed E-state index contributed by atoms with van der Waals surface area (Å²) in [5.74, 6) is 0.0284. The summed E-state index contributed by atoms with van der Waals surface area (Å²) in [7, 11) is 0. The van der Waals surface area contributed by atoms with Crippen molar-refractivity contribution in [3.05, 3.63) is 59.4 Å². The first-order valence-corrected chi connectivity index (χ1v) is 9.94. The fourth-order valence-corrected chi connectivity index (χ4v) is 4.09. The Kier molecular flexibility index (Phi) is 5.39. The van der Waals surface area contributed by atoms with E-state index in [0.29, 0.717) is 12.1 Å². The lowest BCUT2D eigenvalue weighted by atomic mass is 10.0. The summed E-state index contributed by atoms with van der Waals surface area (Å²) in [6.07, 6.45) is 4.53. The van der Waals surface area contributed by atoms with E-state index in [0.717, 1.165) is 55.8 Å². The van der Waals surface area contributed by atoms with Crippen molar-refractivity contribution in [1.29, 1.82) is 0 Å². The van der Waals surface area contributed by atoms with E-state index in [1.807, 2.05) is 36.5 Å². The first kappa shape index (κ1) is 18.6. The molecule has 0 bridgehead atoms. The molecule has 1 N–H and O–H groups in total. The van der Waals surface area contributed by atoms with E-state index < -0.39 is 0 Å². The topological polar surface area (TPSA) is 65.5 Å². The molecule has 1 aromatic heterocycles. The number of hydrogen-bond donors (Lipinski definition) is 1. The average Bonchev–Trinajstić information content (AvgIpc) is 3.14. The predicted molar refractivity (Wildman–Crippen MR) is 108 cm³/mol. The number of amides is 2. The fourth-order valence-electron chi connectivity index (χ4n) is 4.09. The second-order valence-electron chi connectivity index (χ2n) is 7.61. The third kappa shape index (κ3) is 4.07. The van der Waals surface area contributed by atoms with Gasteiger partial charge in [-0.3, -0.25) is 19.5 Å². The molecule has 1 fully saturated rings. The Morgan fingerprint density at radius 3 is 2.68 bits per heavy atom. The highest BCUT2D eigenvalue weighted by atomic mass is 16.2. The number of nitrogens with zero attached hydrogens (tertiary/aromatic N) is 3. The Hall–Kier alpha value is -2.73. The van der Waals surface area contributed by atoms with Crippen molar-refractivity contribution in [1.82, 2.24) is 15.2 Å². The molecule has 0 radical (unpaired) electrons. The third-order valence-electron chi connectivity index (χ3n) is 5.65. The highest BCUT2D eigenvalue weighted by Gasteiger charge is 2.25. The van der Waals surface area contributed by atoms with Crippen molar-refractivity contribution in [3.63, 3.8) is 0 Å². The third-order valence-corrected chi connectivity index (χ3v) is 5.65. The van der Waals surface area contributed by atoms with E-state index in [-0.39, 0.29) is 17.9 Å². The molecule has 6 heteroatoms. The van der Waals surface area contributed by atoms with Gasteiger partial charge in [-0.05, 0) is 55.2 Å². The largest absolute Gasteiger partial charge is 0.349 e. The smallest absolute Gasteiger partial charge is 0.251 e. The molecule has 6 nitrogen and oxygen atoms in total. The van der Waals surface area contributed by atoms with Gasteiger partial charge < -0.3 is 10.2 Å². The fraction of sp³-hybridized carbons (Fsp3) is 0.409. The van der Waals surface area contributed by atoms with Gasteiger partial charge >= 0.3 is 0 Å². The Bertz CT molecular complexity index is 860. The number of hydrogen-bond acceptors (Lipinski definition) is 4. The van der Waals surface area contributed by atoms with Gasteiger partial charge in [0.05, 0.1) is 5.69 Å². The Morgan fingerprint density at radius 1 is 1.14 bits per heavy atom. The van der Waals surface area contributed by atoms with Crippen LogP contribution in [0.4, 0.5) is 5.69 Å². The first-order chi connectivity index (χ1) is 13.6. The standard InChI is InChI=1S/C22H26N4O2/c1-16(27)26-13-7-17-14-18(5-6-21(17)26)22(28)24-19-8-11-25(12-9-19)15-20-4-2-3-10-23-20/h2-6,10,14,19H,7-9,11-13,15H2,1H3,(H,24,28). The van der Waals surface area contributed by atoms with Gasteiger partial charge in [-0.2, -0.15) is 0 Å². The van der Waals surface area contributed by atoms with E-state index in [1.165, 1.54) is 0 Å². The molecule has 0 unspecified atom stereocenters. The van der Waals surface area contributed by atoms with Crippen LogP contribution in [0.5, 0.6) is 0 Å². The number of likely N-dealkylation sites (tertiary alicyclic amines) is 1. The van der Waals surface area contributed by atoms with Crippen molar-refractivity contribution in [2.24, 2.45) is 0 Å². The van der Waals surface area contributed by atoms with E-state index >= 15 is 0 Å². The van der Waals surface area contributed by atoms with Crippen LogP contribution >= 0.6 is 0 Å². The van der Waals surface area contributed by atoms with Gasteiger partial charge in [-0.15, -0.1) is 0 Å². The number of nitrogens with one attached hydrogen (secondary N) is 1. The maximum Gasteiger partial charge on any atom is 0.251 e. The molecule has 0 spiro atoms. The zero-order valence-electron chi connectivity index (χ0n) is 16.2. The predicted octanol–water partition coefficient (Wildman–Crippen LogP) is 2.38. The number of rotatable bonds is 4. The van der Waals surface area contributed by atoms with E-state index in [1.54, 1.807) is 11.8 Å². The number of fused-ring (bicyclic) bond motifs is 1. The Labute approximate surface area is 165 Å². The normalized spacial score (nSPS) is 17.4. The van der Waals surface area contributed by atoms with Crippen LogP contribution in [0.15, 0.2) is 42.6 Å². The van der Waals surface area contributed by atoms with Gasteiger partial charge in [0.25, 0.3) is 5.91 Å². The molecule has 2 aliphatic rings. The molecule has 28 heavy (non-hydrogen) atoms. The van der Waals surface area contributed by atoms with Crippen LogP contribution in [0.25, 0.3) is 0 Å². The number of anilines is 1. The molecule has 1 saturated heterocycles. The van der Waals surface area contributed by atoms with Crippen molar-refractivity contribution < 1.29 is 9.59 Å². The summed E-state index contributed by atoms with van der Waals surface area (Å²) in [5, 5.41) is 3.18. The lowest BCUT2D eigenvalue weighted by molar-refractivity contribution is -0.116. The molecule has 1 aromatic carbocycles. The van der Waals surface area contributed by atoms with Crippen LogP contribution in [0.2, 0.25) is 0 Å². The molecular weight excluding hydrogens is 352 g/mol. The van der Waals surface area contributed by atoms with Crippen LogP contribution in [0.3, 0.4) is 0 Å². The van der Waals surface area contributed by atoms with Crippen LogP contribution < -0.4 is 10.2 Å². The van der Waals surface area contributed by atoms with Crippen LogP contribution in [0, 0.1) is 0 Å². The number of carbonyl (C=O) groups excluding carboxylic acids is 2. The number of piperidine rings is 1. The quantitative estimate of drug-likeness (QED) is 0.887. The summed E-state index contributed by atoms with van der Waals surface area (Å²) in [5.41, 5.74) is 3.78. The van der Waals surface area contributed by atoms with Crippen LogP contribution in [0.1, 0.15) is 41.4 Å². The van der Waals surface area contributed by atoms with Gasteiger partial charge in [0, 0.05) is 56.6 Å². The number of carbonyl (C=O) groups is 2. The molecule has 0 aliphatic carbocycles. The van der Waals surface area contributed by atoms with E-state index in [2.05, 4.69) is 21.3 Å². The second kappa shape index (κ2) is 8.10. The van der Waals surface area contributed by atoms with Gasteiger partial charge in [0.15, 0.2) is 0 Å². The molecule has 3 heterocycles. The van der Waals surface area contributed by atoms with Crippen molar-refractivity contribution >= 4 is 17.5 Å². The molecule has 146 valence electrons. The zero-order chi connectivity index (χ0) is 19.5. The minimum Gasteiger partial charge on any atom is -0.349 e. The Morgan fingerprint density at radius 2 is 1.96 bits per heavy atom. The monoisotopic (exact) mass is 378 g/mol. The van der Waals surface area contributed by atoms with Gasteiger partial charge in [-0.25, -0.2) is 0 Å². The summed E-state index contributed by atoms with van der Waals surface area (Å²) < 4.78 is 0. The van der Waals surface area contributed by atoms with E-state index in [9.17, 15) is 9.59 Å². The molecular formula is C22H26N4O2. The average molecular weight is 378 g/mol. The maximum atomic E-state index is 12.7. The van der Waals surface area contributed by atoms with Gasteiger partial charge in [0.2, 0.25) is 5.91 Å². The van der Waals surface area contributed by atoms with Crippen LogP contribution in [-0.2, 0) is 17.8 Å². The SMILES string of the molecule is CC(=O)N1CCc2cc(C(=O)NC3CCN(Cc4ccccn4)CC3)ccc21. The summed E-state index contributed by atoms with van der Waals surface area (Å²) in [6.45, 7) is 5.05. The minimum absolute atomic E-state index is 0.0211. The molecule has 2 aliphatic heterocycles. The summed E-state index contributed by atoms with van der Waals surface area (Å²) in [6, 6.07) is 11.9. The zero-order valence-corrected chi connectivity index (χ0v) is 16.2. The molecule has 0 saturated carbocycles.